The normalized spacial score (nSPS) is 12.6. The van der Waals surface area contributed by atoms with Crippen molar-refractivity contribution in [2.75, 3.05) is 25.1 Å². The van der Waals surface area contributed by atoms with Crippen LogP contribution in [0.2, 0.25) is 0 Å². The molecule has 0 rings (SSSR count). The number of nitrogens with one attached hydrogen (secondary N) is 3. The summed E-state index contributed by atoms with van der Waals surface area (Å²) in [5, 5.41) is 15.0. The average molecular weight is 377 g/mol. The lowest BCUT2D eigenvalue weighted by Crippen LogP contribution is -2.54. The van der Waals surface area contributed by atoms with Gasteiger partial charge in [0.15, 0.2) is 0 Å². The Kier molecular flexibility index (Phi) is 11.0. The molecule has 25 heavy (non-hydrogen) atoms. The fourth-order valence-electron chi connectivity index (χ4n) is 1.59. The summed E-state index contributed by atoms with van der Waals surface area (Å²) >= 11 is 1.50. The second kappa shape index (κ2) is 12.1. The lowest BCUT2D eigenvalue weighted by Gasteiger charge is -2.19. The number of amides is 4. The summed E-state index contributed by atoms with van der Waals surface area (Å²) < 4.78 is 0. The van der Waals surface area contributed by atoms with Gasteiger partial charge in [-0.15, -0.1) is 0 Å². The molecular formula is C13H23N5O6S. The molecule has 0 saturated carbocycles. The molecule has 4 amide bonds. The third-order valence-corrected chi connectivity index (χ3v) is 3.51. The average Bonchev–Trinajstić information content (AvgIpc) is 2.54. The van der Waals surface area contributed by atoms with Crippen LogP contribution in [0.25, 0.3) is 0 Å². The number of aliphatic carboxylic acids is 1. The first-order valence-corrected chi connectivity index (χ1v) is 8.66. The molecule has 0 bridgehead atoms. The Labute approximate surface area is 148 Å². The van der Waals surface area contributed by atoms with E-state index in [2.05, 4.69) is 10.6 Å². The van der Waals surface area contributed by atoms with Crippen molar-refractivity contribution in [1.29, 1.82) is 0 Å². The van der Waals surface area contributed by atoms with E-state index in [9.17, 15) is 24.0 Å². The van der Waals surface area contributed by atoms with Crippen LogP contribution in [0.15, 0.2) is 0 Å². The molecule has 0 spiro atoms. The molecule has 12 heteroatoms. The number of rotatable bonds is 12. The molecule has 0 radical (unpaired) electrons. The predicted molar refractivity (Wildman–Crippen MR) is 90.4 cm³/mol. The maximum atomic E-state index is 12.0. The molecule has 0 heterocycles. The minimum absolute atomic E-state index is 0.384. The van der Waals surface area contributed by atoms with Gasteiger partial charge in [-0.3, -0.25) is 24.0 Å². The van der Waals surface area contributed by atoms with Crippen LogP contribution < -0.4 is 27.4 Å². The highest BCUT2D eigenvalue weighted by Gasteiger charge is 2.25. The van der Waals surface area contributed by atoms with Gasteiger partial charge in [-0.25, -0.2) is 0 Å². The van der Waals surface area contributed by atoms with E-state index in [0.717, 1.165) is 0 Å². The molecule has 0 aliphatic carbocycles. The predicted octanol–water partition coefficient (Wildman–Crippen LogP) is -3.26. The van der Waals surface area contributed by atoms with E-state index < -0.39 is 61.2 Å². The smallest absolute Gasteiger partial charge is 0.322 e. The fourth-order valence-corrected chi connectivity index (χ4v) is 2.08. The van der Waals surface area contributed by atoms with Gasteiger partial charge in [0.1, 0.15) is 12.6 Å². The van der Waals surface area contributed by atoms with Crippen molar-refractivity contribution in [1.82, 2.24) is 16.0 Å². The molecule has 2 atom stereocenters. The summed E-state index contributed by atoms with van der Waals surface area (Å²) in [5.41, 5.74) is 10.7. The lowest BCUT2D eigenvalue weighted by atomic mass is 10.1. The Morgan fingerprint density at radius 1 is 1.08 bits per heavy atom. The molecule has 0 fully saturated rings. The number of nitrogens with two attached hydrogens (primary N) is 2. The monoisotopic (exact) mass is 377 g/mol. The highest BCUT2D eigenvalue weighted by Crippen LogP contribution is 2.00. The van der Waals surface area contributed by atoms with Crippen molar-refractivity contribution in [3.05, 3.63) is 0 Å². The van der Waals surface area contributed by atoms with Crippen molar-refractivity contribution >= 4 is 41.4 Å². The van der Waals surface area contributed by atoms with Gasteiger partial charge in [0.25, 0.3) is 0 Å². The number of carboxylic acid groups (broad SMARTS) is 1. The van der Waals surface area contributed by atoms with Gasteiger partial charge in [0.05, 0.1) is 19.0 Å². The third kappa shape index (κ3) is 10.9. The van der Waals surface area contributed by atoms with Gasteiger partial charge in [-0.05, 0) is 18.4 Å². The van der Waals surface area contributed by atoms with Crippen LogP contribution in [0, 0.1) is 0 Å². The maximum absolute atomic E-state index is 12.0. The third-order valence-electron chi connectivity index (χ3n) is 2.87. The second-order valence-electron chi connectivity index (χ2n) is 5.01. The Bertz CT molecular complexity index is 515. The van der Waals surface area contributed by atoms with E-state index in [-0.39, 0.29) is 0 Å². The molecule has 0 aliphatic rings. The summed E-state index contributed by atoms with van der Waals surface area (Å²) in [6.45, 7) is -1.11. The summed E-state index contributed by atoms with van der Waals surface area (Å²) in [6, 6.07) is -2.13. The number of hydrogen-bond acceptors (Lipinski definition) is 7. The SMILES string of the molecule is CSCCC(N)C(=O)NC(CC(N)=O)C(=O)NCC(=O)NCC(=O)O. The zero-order chi connectivity index (χ0) is 19.4. The fraction of sp³-hybridized carbons (Fsp3) is 0.615. The number of carboxylic acids is 1. The van der Waals surface area contributed by atoms with Crippen LogP contribution in [-0.4, -0.2) is 71.9 Å². The number of hydrogen-bond donors (Lipinski definition) is 6. The highest BCUT2D eigenvalue weighted by molar-refractivity contribution is 7.98. The topological polar surface area (TPSA) is 194 Å². The Morgan fingerprint density at radius 3 is 2.24 bits per heavy atom. The van der Waals surface area contributed by atoms with Crippen molar-refractivity contribution in [3.63, 3.8) is 0 Å². The van der Waals surface area contributed by atoms with Crippen LogP contribution in [0.5, 0.6) is 0 Å². The largest absolute Gasteiger partial charge is 0.480 e. The van der Waals surface area contributed by atoms with E-state index >= 15 is 0 Å². The van der Waals surface area contributed by atoms with Crippen LogP contribution >= 0.6 is 11.8 Å². The van der Waals surface area contributed by atoms with E-state index in [1.807, 2.05) is 11.6 Å². The number of thioether (sulfide) groups is 1. The van der Waals surface area contributed by atoms with Crippen molar-refractivity contribution in [2.24, 2.45) is 11.5 Å². The molecular weight excluding hydrogens is 354 g/mol. The quantitative estimate of drug-likeness (QED) is 0.204. The molecule has 2 unspecified atom stereocenters. The van der Waals surface area contributed by atoms with Crippen LogP contribution in [0.3, 0.4) is 0 Å². The molecule has 142 valence electrons. The van der Waals surface area contributed by atoms with Gasteiger partial charge in [0.2, 0.25) is 23.6 Å². The molecule has 8 N–H and O–H groups in total. The summed E-state index contributed by atoms with van der Waals surface area (Å²) in [4.78, 5) is 56.7. The second-order valence-corrected chi connectivity index (χ2v) is 5.99. The summed E-state index contributed by atoms with van der Waals surface area (Å²) in [7, 11) is 0. The lowest BCUT2D eigenvalue weighted by molar-refractivity contribution is -0.138. The molecule has 0 aromatic rings. The first-order valence-electron chi connectivity index (χ1n) is 7.26. The first-order chi connectivity index (χ1) is 11.7. The molecule has 0 aromatic carbocycles. The van der Waals surface area contributed by atoms with Gasteiger partial charge in [-0.1, -0.05) is 0 Å². The molecule has 11 nitrogen and oxygen atoms in total. The van der Waals surface area contributed by atoms with E-state index in [1.165, 1.54) is 11.8 Å². The minimum atomic E-state index is -1.28. The van der Waals surface area contributed by atoms with Crippen molar-refractivity contribution in [3.8, 4) is 0 Å². The maximum Gasteiger partial charge on any atom is 0.322 e. The van der Waals surface area contributed by atoms with Crippen LogP contribution in [-0.2, 0) is 24.0 Å². The Morgan fingerprint density at radius 2 is 1.72 bits per heavy atom. The van der Waals surface area contributed by atoms with Gasteiger partial charge < -0.3 is 32.5 Å². The molecule has 0 aromatic heterocycles. The zero-order valence-electron chi connectivity index (χ0n) is 13.7. The zero-order valence-corrected chi connectivity index (χ0v) is 14.6. The van der Waals surface area contributed by atoms with Crippen LogP contribution in [0.1, 0.15) is 12.8 Å². The number of primary amides is 1. The summed E-state index contributed by atoms with van der Waals surface area (Å²) in [5.74, 6) is -3.59. The Balaban J connectivity index is 4.60. The van der Waals surface area contributed by atoms with Crippen LogP contribution in [0.4, 0.5) is 0 Å². The standard InChI is InChI=1S/C13H23N5O6S/c1-25-3-2-7(14)12(23)18-8(4-9(15)19)13(24)17-5-10(20)16-6-11(21)22/h7-8H,2-6,14H2,1H3,(H2,15,19)(H,16,20)(H,17,24)(H,18,23)(H,21,22). The number of carbonyl (C=O) groups excluding carboxylic acids is 4. The number of carbonyl (C=O) groups is 5. The Hall–Kier alpha value is -2.34. The molecule has 0 aliphatic heterocycles. The highest BCUT2D eigenvalue weighted by atomic mass is 32.2. The van der Waals surface area contributed by atoms with Crippen molar-refractivity contribution in [2.45, 2.75) is 24.9 Å². The first kappa shape index (κ1) is 22.7. The van der Waals surface area contributed by atoms with E-state index in [0.29, 0.717) is 12.2 Å². The van der Waals surface area contributed by atoms with Gasteiger partial charge in [-0.2, -0.15) is 11.8 Å². The minimum Gasteiger partial charge on any atom is -0.480 e. The summed E-state index contributed by atoms with van der Waals surface area (Å²) in [6.07, 6.45) is 1.77. The van der Waals surface area contributed by atoms with E-state index in [4.69, 9.17) is 16.6 Å². The van der Waals surface area contributed by atoms with Gasteiger partial charge in [0, 0.05) is 0 Å². The van der Waals surface area contributed by atoms with E-state index in [1.54, 1.807) is 0 Å². The van der Waals surface area contributed by atoms with Crippen molar-refractivity contribution < 1.29 is 29.1 Å². The molecule has 0 saturated heterocycles. The van der Waals surface area contributed by atoms with Gasteiger partial charge >= 0.3 is 5.97 Å².